The predicted molar refractivity (Wildman–Crippen MR) is 120 cm³/mol. The van der Waals surface area contributed by atoms with Crippen LogP contribution in [-0.4, -0.2) is 73.4 Å². The van der Waals surface area contributed by atoms with E-state index in [2.05, 4.69) is 33.5 Å². The van der Waals surface area contributed by atoms with Crippen LogP contribution in [0.4, 0.5) is 0 Å². The Kier molecular flexibility index (Phi) is 5.91. The maximum atomic E-state index is 12.1. The van der Waals surface area contributed by atoms with E-state index >= 15 is 0 Å². The monoisotopic (exact) mass is 431 g/mol. The van der Waals surface area contributed by atoms with Crippen molar-refractivity contribution in [2.75, 3.05) is 40.3 Å². The van der Waals surface area contributed by atoms with Crippen LogP contribution < -0.4 is 16.4 Å². The smallest absolute Gasteiger partial charge is 0.334 e. The number of aliphatic imine (C=N–C) groups is 1. The third kappa shape index (κ3) is 3.06. The number of carboxylic acid groups (broad SMARTS) is 1. The molecule has 0 aromatic carbocycles. The third-order valence-electron chi connectivity index (χ3n) is 8.69. The van der Waals surface area contributed by atoms with Gasteiger partial charge in [-0.25, -0.2) is 4.79 Å². The number of hydrogen-bond acceptors (Lipinski definition) is 5. The van der Waals surface area contributed by atoms with Crippen LogP contribution in [0.5, 0.6) is 0 Å². The highest BCUT2D eigenvalue weighted by atomic mass is 16.4. The molecule has 6 atom stereocenters. The lowest BCUT2D eigenvalue weighted by Gasteiger charge is -2.60. The molecule has 0 aromatic heterocycles. The van der Waals surface area contributed by atoms with Crippen molar-refractivity contribution >= 4 is 11.9 Å². The summed E-state index contributed by atoms with van der Waals surface area (Å²) in [5.41, 5.74) is 7.17. The average Bonchev–Trinajstić information content (AvgIpc) is 3.10. The van der Waals surface area contributed by atoms with Gasteiger partial charge in [0.25, 0.3) is 0 Å². The fourth-order valence-corrected chi connectivity index (χ4v) is 7.55. The summed E-state index contributed by atoms with van der Waals surface area (Å²) < 4.78 is 0. The van der Waals surface area contributed by atoms with Gasteiger partial charge in [-0.2, -0.15) is 0 Å². The topological polar surface area (TPSA) is 123 Å². The van der Waals surface area contributed by atoms with Gasteiger partial charge in [0.15, 0.2) is 5.96 Å². The van der Waals surface area contributed by atoms with E-state index in [1.807, 2.05) is 20.3 Å². The Morgan fingerprint density at radius 2 is 2.13 bits per heavy atom. The Labute approximate surface area is 184 Å². The summed E-state index contributed by atoms with van der Waals surface area (Å²) in [7, 11) is 3.86. The molecule has 0 radical (unpaired) electrons. The molecule has 8 nitrogen and oxygen atoms in total. The molecule has 3 aliphatic carbocycles. The lowest BCUT2D eigenvalue weighted by molar-refractivity contribution is -0.133. The van der Waals surface area contributed by atoms with Gasteiger partial charge >= 0.3 is 5.97 Å². The fraction of sp³-hybridized carbons (Fsp3) is 0.739. The molecule has 0 amide bonds. The molecule has 6 unspecified atom stereocenters. The van der Waals surface area contributed by atoms with Gasteiger partial charge in [-0.15, -0.1) is 0 Å². The van der Waals surface area contributed by atoms with E-state index in [0.717, 1.165) is 37.9 Å². The van der Waals surface area contributed by atoms with E-state index in [9.17, 15) is 15.0 Å². The van der Waals surface area contributed by atoms with E-state index in [0.29, 0.717) is 37.3 Å². The van der Waals surface area contributed by atoms with Crippen molar-refractivity contribution in [1.82, 2.24) is 15.5 Å². The zero-order valence-electron chi connectivity index (χ0n) is 18.9. The van der Waals surface area contributed by atoms with Crippen LogP contribution in [-0.2, 0) is 4.79 Å². The molecule has 2 saturated carbocycles. The Balaban J connectivity index is 1.83. The summed E-state index contributed by atoms with van der Waals surface area (Å²) in [4.78, 5) is 18.8. The van der Waals surface area contributed by atoms with Crippen molar-refractivity contribution in [3.05, 3.63) is 23.4 Å². The molecule has 172 valence electrons. The molecular weight excluding hydrogens is 394 g/mol. The van der Waals surface area contributed by atoms with Gasteiger partial charge in [0.05, 0.1) is 18.2 Å². The highest BCUT2D eigenvalue weighted by Gasteiger charge is 2.72. The maximum absolute atomic E-state index is 12.1. The molecule has 0 saturated heterocycles. The molecule has 2 fully saturated rings. The number of guanidine groups is 1. The summed E-state index contributed by atoms with van der Waals surface area (Å²) in [5, 5.41) is 27.3. The van der Waals surface area contributed by atoms with Crippen LogP contribution in [0.15, 0.2) is 28.4 Å². The number of carboxylic acids is 1. The number of likely N-dealkylation sites (N-methyl/N-ethyl adjacent to an activating group) is 1. The first kappa shape index (κ1) is 22.3. The minimum absolute atomic E-state index is 0.181. The zero-order chi connectivity index (χ0) is 22.4. The number of aliphatic carboxylic acids is 1. The fourth-order valence-electron chi connectivity index (χ4n) is 7.55. The Hall–Kier alpha value is -1.90. The number of hydrogen-bond donors (Lipinski definition) is 5. The van der Waals surface area contributed by atoms with E-state index in [4.69, 9.17) is 5.73 Å². The number of allylic oxidation sites excluding steroid dienone is 1. The molecule has 4 aliphatic rings. The highest BCUT2D eigenvalue weighted by molar-refractivity contribution is 5.90. The minimum atomic E-state index is -0.962. The molecule has 6 N–H and O–H groups in total. The van der Waals surface area contributed by atoms with Crippen molar-refractivity contribution in [3.63, 3.8) is 0 Å². The number of carbonyl (C=O) groups is 1. The summed E-state index contributed by atoms with van der Waals surface area (Å²) in [5.74, 6) is 0.463. The molecule has 31 heavy (non-hydrogen) atoms. The molecular formula is C23H37N5O3. The van der Waals surface area contributed by atoms with Crippen molar-refractivity contribution in [2.24, 2.45) is 39.3 Å². The lowest BCUT2D eigenvalue weighted by atomic mass is 9.46. The van der Waals surface area contributed by atoms with Gasteiger partial charge < -0.3 is 31.5 Å². The van der Waals surface area contributed by atoms with E-state index < -0.39 is 12.1 Å². The van der Waals surface area contributed by atoms with Gasteiger partial charge in [-0.3, -0.25) is 4.99 Å². The molecule has 2 bridgehead atoms. The van der Waals surface area contributed by atoms with Crippen molar-refractivity contribution in [3.8, 4) is 0 Å². The quantitative estimate of drug-likeness (QED) is 0.239. The van der Waals surface area contributed by atoms with Crippen LogP contribution in [0.2, 0.25) is 0 Å². The Morgan fingerprint density at radius 3 is 2.81 bits per heavy atom. The zero-order valence-corrected chi connectivity index (χ0v) is 18.9. The van der Waals surface area contributed by atoms with Crippen LogP contribution in [0.3, 0.4) is 0 Å². The molecule has 1 aliphatic heterocycles. The number of aliphatic hydroxyl groups excluding tert-OH is 1. The Bertz CT molecular complexity index is 824. The number of rotatable bonds is 6. The summed E-state index contributed by atoms with van der Waals surface area (Å²) in [6.07, 6.45) is 6.80. The lowest BCUT2D eigenvalue weighted by Crippen LogP contribution is -2.62. The second kappa shape index (κ2) is 8.22. The van der Waals surface area contributed by atoms with Crippen LogP contribution in [0.25, 0.3) is 0 Å². The second-order valence-electron chi connectivity index (χ2n) is 9.79. The third-order valence-corrected chi connectivity index (χ3v) is 8.69. The second-order valence-corrected chi connectivity index (χ2v) is 9.79. The van der Waals surface area contributed by atoms with Gasteiger partial charge in [0.2, 0.25) is 0 Å². The standard InChI is InChI=1S/C23H37N5O3/c1-14-4-5-15-10-17-19(20(30)31)18(29)11-22(14,17)23(15)13-28(9-6-16(23)12-26-3)21(24)27-8-7-25-2/h6,9,14-16,18,25-26,29H,4-5,7-8,10-13H2,1-3H3,(H2,24,27)(H,30,31). The first-order valence-corrected chi connectivity index (χ1v) is 11.5. The molecule has 8 heteroatoms. The van der Waals surface area contributed by atoms with Crippen LogP contribution >= 0.6 is 0 Å². The Morgan fingerprint density at radius 1 is 1.35 bits per heavy atom. The summed E-state index contributed by atoms with van der Waals surface area (Å²) >= 11 is 0. The largest absolute Gasteiger partial charge is 0.478 e. The van der Waals surface area contributed by atoms with Crippen molar-refractivity contribution < 1.29 is 15.0 Å². The molecule has 0 aromatic rings. The normalized spacial score (nSPS) is 39.5. The van der Waals surface area contributed by atoms with E-state index in [1.54, 1.807) is 0 Å². The van der Waals surface area contributed by atoms with Gasteiger partial charge in [0, 0.05) is 36.7 Å². The molecule has 4 rings (SSSR count). The van der Waals surface area contributed by atoms with E-state index in [-0.39, 0.29) is 22.3 Å². The highest BCUT2D eigenvalue weighted by Crippen LogP contribution is 2.75. The first-order chi connectivity index (χ1) is 14.8. The van der Waals surface area contributed by atoms with Crippen molar-refractivity contribution in [1.29, 1.82) is 0 Å². The van der Waals surface area contributed by atoms with Gasteiger partial charge in [-0.1, -0.05) is 13.0 Å². The number of aliphatic hydroxyl groups is 1. The summed E-state index contributed by atoms with van der Waals surface area (Å²) in [6, 6.07) is 0. The predicted octanol–water partition coefficient (Wildman–Crippen LogP) is 0.754. The maximum Gasteiger partial charge on any atom is 0.334 e. The van der Waals surface area contributed by atoms with Gasteiger partial charge in [-0.05, 0) is 63.1 Å². The van der Waals surface area contributed by atoms with Crippen LogP contribution in [0.1, 0.15) is 32.6 Å². The first-order valence-electron chi connectivity index (χ1n) is 11.5. The average molecular weight is 432 g/mol. The SMILES string of the molecule is CNCCN=C(N)N1C=CC(CNC)C2(C1)C1CCC(C)C23CC(O)C(C(=O)O)=C3C1. The number of nitrogens with two attached hydrogens (primary N) is 1. The van der Waals surface area contributed by atoms with Crippen LogP contribution in [0, 0.1) is 28.6 Å². The van der Waals surface area contributed by atoms with E-state index in [1.165, 1.54) is 0 Å². The van der Waals surface area contributed by atoms with Gasteiger partial charge in [0.1, 0.15) is 0 Å². The molecule has 2 spiro atoms. The molecule has 1 heterocycles. The number of nitrogens with zero attached hydrogens (tertiary/aromatic N) is 2. The minimum Gasteiger partial charge on any atom is -0.478 e. The number of nitrogens with one attached hydrogen (secondary N) is 2. The van der Waals surface area contributed by atoms with Crippen molar-refractivity contribution in [2.45, 2.75) is 38.7 Å². The summed E-state index contributed by atoms with van der Waals surface area (Å²) in [6.45, 7) is 5.15.